The Morgan fingerprint density at radius 1 is 1.05 bits per heavy atom. The molecule has 1 aromatic rings. The molecule has 2 aliphatic heterocycles. The molecule has 4 rings (SSSR count). The fraction of sp³-hybridized carbons (Fsp3) is 0.733. The van der Waals surface area contributed by atoms with E-state index in [0.717, 1.165) is 83.3 Å². The minimum Gasteiger partial charge on any atom is -0.494 e. The van der Waals surface area contributed by atoms with Crippen LogP contribution in [0.15, 0.2) is 12.1 Å². The lowest BCUT2D eigenvalue weighted by atomic mass is 9.73. The summed E-state index contributed by atoms with van der Waals surface area (Å²) in [5, 5.41) is 3.38. The quantitative estimate of drug-likeness (QED) is 0.459. The third-order valence-electron chi connectivity index (χ3n) is 8.90. The van der Waals surface area contributed by atoms with Crippen LogP contribution in [0.25, 0.3) is 0 Å². The van der Waals surface area contributed by atoms with Crippen molar-refractivity contribution in [2.45, 2.75) is 104 Å². The highest BCUT2D eigenvalue weighted by Crippen LogP contribution is 2.41. The number of amides is 2. The number of hydrogen-bond acceptors (Lipinski definition) is 5. The second-order valence-corrected chi connectivity index (χ2v) is 11.7. The van der Waals surface area contributed by atoms with Gasteiger partial charge in [-0.1, -0.05) is 19.4 Å². The van der Waals surface area contributed by atoms with Crippen molar-refractivity contribution in [3.05, 3.63) is 28.8 Å². The van der Waals surface area contributed by atoms with Crippen molar-refractivity contribution in [3.63, 3.8) is 0 Å². The summed E-state index contributed by atoms with van der Waals surface area (Å²) in [7, 11) is 0. The Kier molecular flexibility index (Phi) is 8.72. The number of aryl methyl sites for hydroxylation is 2. The van der Waals surface area contributed by atoms with Crippen molar-refractivity contribution < 1.29 is 19.1 Å². The van der Waals surface area contributed by atoms with Crippen LogP contribution >= 0.6 is 0 Å². The predicted molar refractivity (Wildman–Crippen MR) is 146 cm³/mol. The van der Waals surface area contributed by atoms with Crippen LogP contribution in [0, 0.1) is 12.3 Å². The summed E-state index contributed by atoms with van der Waals surface area (Å²) in [5.74, 6) is 0.906. The number of nitrogens with one attached hydrogen (secondary N) is 1. The Bertz CT molecular complexity index is 962. The molecule has 1 saturated carbocycles. The average molecular weight is 514 g/mol. The van der Waals surface area contributed by atoms with Gasteiger partial charge in [0.15, 0.2) is 0 Å². The minimum atomic E-state index is -0.416. The molecule has 1 aromatic carbocycles. The van der Waals surface area contributed by atoms with Crippen molar-refractivity contribution in [3.8, 4) is 5.75 Å². The van der Waals surface area contributed by atoms with Crippen LogP contribution in [0.2, 0.25) is 0 Å². The van der Waals surface area contributed by atoms with E-state index in [1.54, 1.807) is 0 Å². The second-order valence-electron chi connectivity index (χ2n) is 11.7. The van der Waals surface area contributed by atoms with Crippen LogP contribution in [0.1, 0.15) is 89.3 Å². The molecule has 206 valence electrons. The SMILES string of the molecule is CCCc1cc(C)c(OCC)cc1CN1CCC2(CC1)CN([C@H]1CC[C@](C)(C(=O)OCC)CC1)C(=O)N2. The summed E-state index contributed by atoms with van der Waals surface area (Å²) in [6, 6.07) is 4.84. The van der Waals surface area contributed by atoms with E-state index in [1.165, 1.54) is 16.7 Å². The van der Waals surface area contributed by atoms with Crippen molar-refractivity contribution in [2.24, 2.45) is 5.41 Å². The van der Waals surface area contributed by atoms with Gasteiger partial charge < -0.3 is 19.7 Å². The Balaban J connectivity index is 1.34. The van der Waals surface area contributed by atoms with E-state index in [1.807, 2.05) is 20.8 Å². The van der Waals surface area contributed by atoms with Crippen molar-refractivity contribution >= 4 is 12.0 Å². The number of urea groups is 1. The zero-order chi connectivity index (χ0) is 26.6. The molecule has 7 heteroatoms. The lowest BCUT2D eigenvalue weighted by Crippen LogP contribution is -2.52. The predicted octanol–water partition coefficient (Wildman–Crippen LogP) is 5.22. The lowest BCUT2D eigenvalue weighted by Gasteiger charge is -2.41. The zero-order valence-electron chi connectivity index (χ0n) is 23.7. The van der Waals surface area contributed by atoms with Gasteiger partial charge in [0.25, 0.3) is 0 Å². The van der Waals surface area contributed by atoms with E-state index < -0.39 is 5.41 Å². The van der Waals surface area contributed by atoms with Gasteiger partial charge in [0.05, 0.1) is 24.2 Å². The van der Waals surface area contributed by atoms with Crippen LogP contribution in [-0.2, 0) is 22.5 Å². The standard InChI is InChI=1S/C30H47N3O4/c1-6-9-23-18-22(4)26(36-7-2)19-24(23)20-32-16-14-30(15-17-32)21-33(28(35)31-30)25-10-12-29(5,13-11-25)27(34)37-8-3/h18-19,25H,6-17,20-21H2,1-5H3,(H,31,35)/t25-,29-. The molecule has 2 heterocycles. The van der Waals surface area contributed by atoms with Gasteiger partial charge in [0.1, 0.15) is 5.75 Å². The van der Waals surface area contributed by atoms with Gasteiger partial charge >= 0.3 is 12.0 Å². The summed E-state index contributed by atoms with van der Waals surface area (Å²) < 4.78 is 11.2. The molecule has 1 aliphatic carbocycles. The van der Waals surface area contributed by atoms with E-state index in [9.17, 15) is 9.59 Å². The van der Waals surface area contributed by atoms with Gasteiger partial charge in [-0.05, 0) is 95.4 Å². The first-order valence-electron chi connectivity index (χ1n) is 14.5. The molecule has 0 radical (unpaired) electrons. The number of likely N-dealkylation sites (tertiary alicyclic amines) is 1. The Morgan fingerprint density at radius 3 is 2.38 bits per heavy atom. The molecule has 2 saturated heterocycles. The molecule has 0 aromatic heterocycles. The molecule has 3 aliphatic rings. The van der Waals surface area contributed by atoms with Gasteiger partial charge in [-0.3, -0.25) is 9.69 Å². The molecule has 1 N–H and O–H groups in total. The third-order valence-corrected chi connectivity index (χ3v) is 8.90. The van der Waals surface area contributed by atoms with E-state index in [2.05, 4.69) is 41.1 Å². The smallest absolute Gasteiger partial charge is 0.318 e. The summed E-state index contributed by atoms with van der Waals surface area (Å²) in [6.45, 7) is 15.0. The van der Waals surface area contributed by atoms with Gasteiger partial charge in [0, 0.05) is 32.2 Å². The first kappa shape index (κ1) is 27.7. The highest BCUT2D eigenvalue weighted by Gasteiger charge is 2.48. The summed E-state index contributed by atoms with van der Waals surface area (Å²) in [4.78, 5) is 30.1. The molecular weight excluding hydrogens is 466 g/mol. The van der Waals surface area contributed by atoms with Gasteiger partial charge in [-0.25, -0.2) is 4.79 Å². The van der Waals surface area contributed by atoms with Crippen molar-refractivity contribution in [1.29, 1.82) is 0 Å². The van der Waals surface area contributed by atoms with Crippen molar-refractivity contribution in [2.75, 3.05) is 32.8 Å². The molecular formula is C30H47N3O4. The molecule has 0 unspecified atom stereocenters. The first-order chi connectivity index (χ1) is 17.7. The van der Waals surface area contributed by atoms with Crippen LogP contribution in [0.3, 0.4) is 0 Å². The summed E-state index contributed by atoms with van der Waals surface area (Å²) in [5.41, 5.74) is 3.46. The minimum absolute atomic E-state index is 0.0725. The van der Waals surface area contributed by atoms with Crippen molar-refractivity contribution in [1.82, 2.24) is 15.1 Å². The van der Waals surface area contributed by atoms with E-state index in [0.29, 0.717) is 13.2 Å². The summed E-state index contributed by atoms with van der Waals surface area (Å²) >= 11 is 0. The average Bonchev–Trinajstić information content (AvgIpc) is 3.19. The number of carbonyl (C=O) groups is 2. The number of piperidine rings is 1. The van der Waals surface area contributed by atoms with Gasteiger partial charge in [-0.2, -0.15) is 0 Å². The van der Waals surface area contributed by atoms with Crippen LogP contribution in [-0.4, -0.2) is 66.2 Å². The molecule has 7 nitrogen and oxygen atoms in total. The topological polar surface area (TPSA) is 71.1 Å². The number of ether oxygens (including phenoxy) is 2. The number of rotatable bonds is 9. The summed E-state index contributed by atoms with van der Waals surface area (Å²) in [6.07, 6.45) is 7.43. The fourth-order valence-corrected chi connectivity index (χ4v) is 6.51. The van der Waals surface area contributed by atoms with E-state index in [4.69, 9.17) is 9.47 Å². The molecule has 2 amide bonds. The molecule has 1 spiro atoms. The van der Waals surface area contributed by atoms with E-state index >= 15 is 0 Å². The molecule has 3 fully saturated rings. The highest BCUT2D eigenvalue weighted by molar-refractivity contribution is 5.79. The second kappa shape index (κ2) is 11.6. The number of carbonyl (C=O) groups excluding carboxylic acids is 2. The Hall–Kier alpha value is -2.28. The largest absolute Gasteiger partial charge is 0.494 e. The Labute approximate surface area is 223 Å². The van der Waals surface area contributed by atoms with Crippen LogP contribution in [0.4, 0.5) is 4.79 Å². The monoisotopic (exact) mass is 513 g/mol. The lowest BCUT2D eigenvalue weighted by molar-refractivity contribution is -0.156. The fourth-order valence-electron chi connectivity index (χ4n) is 6.51. The normalized spacial score (nSPS) is 25.8. The number of esters is 1. The highest BCUT2D eigenvalue weighted by atomic mass is 16.5. The maximum atomic E-state index is 13.1. The number of hydrogen-bond donors (Lipinski definition) is 1. The molecule has 0 bridgehead atoms. The number of benzene rings is 1. The van der Waals surface area contributed by atoms with E-state index in [-0.39, 0.29) is 23.6 Å². The van der Waals surface area contributed by atoms with Crippen LogP contribution < -0.4 is 10.1 Å². The maximum Gasteiger partial charge on any atom is 0.318 e. The van der Waals surface area contributed by atoms with Crippen LogP contribution in [0.5, 0.6) is 5.75 Å². The zero-order valence-corrected chi connectivity index (χ0v) is 23.7. The number of nitrogens with zero attached hydrogens (tertiary/aromatic N) is 2. The molecule has 37 heavy (non-hydrogen) atoms. The maximum absolute atomic E-state index is 13.1. The van der Waals surface area contributed by atoms with Gasteiger partial charge in [0.2, 0.25) is 0 Å². The third kappa shape index (κ3) is 6.08. The molecule has 0 atom stereocenters. The van der Waals surface area contributed by atoms with Gasteiger partial charge in [-0.15, -0.1) is 0 Å². The first-order valence-corrected chi connectivity index (χ1v) is 14.5. The Morgan fingerprint density at radius 2 is 1.76 bits per heavy atom.